The van der Waals surface area contributed by atoms with Gasteiger partial charge in [0, 0.05) is 21.6 Å². The molecule has 2 aliphatic rings. The van der Waals surface area contributed by atoms with Crippen molar-refractivity contribution in [3.8, 4) is 0 Å². The molecule has 0 saturated heterocycles. The number of benzene rings is 1. The van der Waals surface area contributed by atoms with E-state index in [1.165, 1.54) is 25.5 Å². The first-order valence-corrected chi connectivity index (χ1v) is 12.8. The molecular formula is C21H28BrN3O3S. The van der Waals surface area contributed by atoms with Crippen molar-refractivity contribution in [3.05, 3.63) is 33.9 Å². The van der Waals surface area contributed by atoms with Crippen molar-refractivity contribution >= 4 is 42.8 Å². The fourth-order valence-corrected chi connectivity index (χ4v) is 7.79. The van der Waals surface area contributed by atoms with E-state index in [9.17, 15) is 13.2 Å². The molecule has 0 aliphatic heterocycles. The Morgan fingerprint density at radius 1 is 1.24 bits per heavy atom. The van der Waals surface area contributed by atoms with E-state index in [-0.39, 0.29) is 6.04 Å². The maximum absolute atomic E-state index is 13.0. The minimum atomic E-state index is -3.46. The highest BCUT2D eigenvalue weighted by Gasteiger charge is 2.42. The van der Waals surface area contributed by atoms with Crippen LogP contribution in [0.1, 0.15) is 61.2 Å². The third-order valence-corrected chi connectivity index (χ3v) is 8.82. The van der Waals surface area contributed by atoms with Crippen molar-refractivity contribution in [2.45, 2.75) is 58.2 Å². The minimum absolute atomic E-state index is 0.0115. The van der Waals surface area contributed by atoms with Gasteiger partial charge in [-0.15, -0.1) is 0 Å². The van der Waals surface area contributed by atoms with E-state index in [2.05, 4.69) is 15.9 Å². The van der Waals surface area contributed by atoms with Gasteiger partial charge in [0.05, 0.1) is 23.5 Å². The highest BCUT2D eigenvalue weighted by molar-refractivity contribution is 9.10. The SMILES string of the molecule is Cc1c(C(N)=O)c2cccc(Br)c2n1C(C)N(C1CC2CCC(C2)C1)S(C)(=O)=O. The van der Waals surface area contributed by atoms with Gasteiger partial charge in [-0.3, -0.25) is 4.79 Å². The lowest BCUT2D eigenvalue weighted by atomic mass is 9.85. The largest absolute Gasteiger partial charge is 0.366 e. The normalized spacial score (nSPS) is 25.6. The number of nitrogens with two attached hydrogens (primary N) is 1. The summed E-state index contributed by atoms with van der Waals surface area (Å²) in [7, 11) is -3.46. The van der Waals surface area contributed by atoms with Crippen molar-refractivity contribution in [1.29, 1.82) is 0 Å². The van der Waals surface area contributed by atoms with Gasteiger partial charge in [-0.2, -0.15) is 4.31 Å². The van der Waals surface area contributed by atoms with E-state index in [0.717, 1.165) is 28.2 Å². The molecule has 1 aromatic heterocycles. The molecule has 2 bridgehead atoms. The van der Waals surface area contributed by atoms with Gasteiger partial charge in [-0.05, 0) is 66.9 Å². The van der Waals surface area contributed by atoms with Crippen LogP contribution in [0.3, 0.4) is 0 Å². The number of para-hydroxylation sites is 1. The summed E-state index contributed by atoms with van der Waals surface area (Å²) in [6.45, 7) is 3.75. The van der Waals surface area contributed by atoms with Crippen LogP contribution in [0, 0.1) is 18.8 Å². The maximum atomic E-state index is 13.0. The molecule has 1 heterocycles. The molecule has 0 spiro atoms. The number of aromatic nitrogens is 1. The van der Waals surface area contributed by atoms with Crippen LogP contribution in [0.2, 0.25) is 0 Å². The van der Waals surface area contributed by atoms with Crippen molar-refractivity contribution < 1.29 is 13.2 Å². The van der Waals surface area contributed by atoms with Crippen molar-refractivity contribution in [2.24, 2.45) is 17.6 Å². The van der Waals surface area contributed by atoms with Crippen LogP contribution >= 0.6 is 15.9 Å². The number of hydrogen-bond acceptors (Lipinski definition) is 3. The molecule has 2 aromatic rings. The Hall–Kier alpha value is -1.38. The fraction of sp³-hybridized carbons (Fsp3) is 0.571. The third kappa shape index (κ3) is 3.53. The first-order valence-electron chi connectivity index (χ1n) is 10.2. The topological polar surface area (TPSA) is 85.4 Å². The Kier molecular flexibility index (Phi) is 5.32. The molecule has 8 heteroatoms. The smallest absolute Gasteiger partial charge is 0.251 e. The Balaban J connectivity index is 1.87. The van der Waals surface area contributed by atoms with E-state index >= 15 is 0 Å². The first-order chi connectivity index (χ1) is 13.6. The lowest BCUT2D eigenvalue weighted by Crippen LogP contribution is -2.46. The molecule has 29 heavy (non-hydrogen) atoms. The number of hydrogen-bond donors (Lipinski definition) is 1. The molecule has 3 unspecified atom stereocenters. The molecule has 2 fully saturated rings. The summed E-state index contributed by atoms with van der Waals surface area (Å²) in [6.07, 6.45) is 6.30. The first kappa shape index (κ1) is 20.9. The predicted molar refractivity (Wildman–Crippen MR) is 118 cm³/mol. The number of nitrogens with zero attached hydrogens (tertiary/aromatic N) is 2. The number of amides is 1. The van der Waals surface area contributed by atoms with Crippen LogP contribution in [0.5, 0.6) is 0 Å². The minimum Gasteiger partial charge on any atom is -0.366 e. The monoisotopic (exact) mass is 481 g/mol. The van der Waals surface area contributed by atoms with Gasteiger partial charge < -0.3 is 10.3 Å². The summed E-state index contributed by atoms with van der Waals surface area (Å²) in [5.41, 5.74) is 7.64. The molecule has 2 saturated carbocycles. The second kappa shape index (κ2) is 7.39. The van der Waals surface area contributed by atoms with Gasteiger partial charge in [-0.1, -0.05) is 25.0 Å². The molecule has 6 nitrogen and oxygen atoms in total. The summed E-state index contributed by atoms with van der Waals surface area (Å²) < 4.78 is 30.4. The Bertz CT molecular complexity index is 1070. The second-order valence-electron chi connectivity index (χ2n) is 8.73. The highest BCUT2D eigenvalue weighted by atomic mass is 79.9. The van der Waals surface area contributed by atoms with Crippen LogP contribution in [0.25, 0.3) is 10.9 Å². The number of sulfonamides is 1. The number of primary amides is 1. The summed E-state index contributed by atoms with van der Waals surface area (Å²) >= 11 is 3.60. The zero-order valence-electron chi connectivity index (χ0n) is 17.1. The summed E-state index contributed by atoms with van der Waals surface area (Å²) in [6, 6.07) is 5.62. The molecule has 3 atom stereocenters. The van der Waals surface area contributed by atoms with Crippen LogP contribution in [0.4, 0.5) is 0 Å². The van der Waals surface area contributed by atoms with Crippen molar-refractivity contribution in [2.75, 3.05) is 6.26 Å². The van der Waals surface area contributed by atoms with Gasteiger partial charge in [0.1, 0.15) is 0 Å². The number of halogens is 1. The van der Waals surface area contributed by atoms with Crippen LogP contribution < -0.4 is 5.73 Å². The molecular weight excluding hydrogens is 454 g/mol. The Morgan fingerprint density at radius 3 is 2.41 bits per heavy atom. The van der Waals surface area contributed by atoms with E-state index in [1.807, 2.05) is 36.6 Å². The average molecular weight is 482 g/mol. The van der Waals surface area contributed by atoms with Gasteiger partial charge in [0.15, 0.2) is 0 Å². The summed E-state index contributed by atoms with van der Waals surface area (Å²) in [5.74, 6) is 0.731. The van der Waals surface area contributed by atoms with E-state index in [0.29, 0.717) is 23.1 Å². The lowest BCUT2D eigenvalue weighted by molar-refractivity contribution is 0.100. The zero-order valence-corrected chi connectivity index (χ0v) is 19.5. The van der Waals surface area contributed by atoms with Gasteiger partial charge in [-0.25, -0.2) is 8.42 Å². The van der Waals surface area contributed by atoms with E-state index in [1.54, 1.807) is 4.31 Å². The van der Waals surface area contributed by atoms with Crippen molar-refractivity contribution in [1.82, 2.24) is 8.87 Å². The molecule has 2 N–H and O–H groups in total. The molecule has 1 aromatic carbocycles. The maximum Gasteiger partial charge on any atom is 0.251 e. The van der Waals surface area contributed by atoms with Crippen molar-refractivity contribution in [3.63, 3.8) is 0 Å². The summed E-state index contributed by atoms with van der Waals surface area (Å²) in [5, 5.41) is 0.744. The molecule has 158 valence electrons. The van der Waals surface area contributed by atoms with E-state index in [4.69, 9.17) is 5.73 Å². The number of rotatable bonds is 5. The van der Waals surface area contributed by atoms with Gasteiger partial charge in [0.2, 0.25) is 10.0 Å². The second-order valence-corrected chi connectivity index (χ2v) is 11.5. The average Bonchev–Trinajstić information content (AvgIpc) is 3.10. The molecule has 4 rings (SSSR count). The van der Waals surface area contributed by atoms with Crippen LogP contribution in [-0.4, -0.2) is 35.5 Å². The fourth-order valence-electron chi connectivity index (χ4n) is 5.87. The number of fused-ring (bicyclic) bond motifs is 3. The zero-order chi connectivity index (χ0) is 21.1. The third-order valence-electron chi connectivity index (χ3n) is 6.81. The number of carbonyl (C=O) groups is 1. The van der Waals surface area contributed by atoms with Crippen LogP contribution in [-0.2, 0) is 10.0 Å². The van der Waals surface area contributed by atoms with E-state index < -0.39 is 22.1 Å². The quantitative estimate of drug-likeness (QED) is 0.694. The summed E-state index contributed by atoms with van der Waals surface area (Å²) in [4.78, 5) is 12.2. The van der Waals surface area contributed by atoms with Gasteiger partial charge in [0.25, 0.3) is 5.91 Å². The standard InChI is InChI=1S/C21H28BrN3O3S/c1-12-19(21(23)26)17-5-4-6-18(22)20(17)24(12)13(2)25(29(3,27)28)16-10-14-7-8-15(9-14)11-16/h4-6,13-16H,7-11H2,1-3H3,(H2,23,26). The Labute approximate surface area is 180 Å². The molecule has 0 radical (unpaired) electrons. The molecule has 1 amide bonds. The Morgan fingerprint density at radius 2 is 1.86 bits per heavy atom. The van der Waals surface area contributed by atoms with Crippen LogP contribution in [0.15, 0.2) is 22.7 Å². The van der Waals surface area contributed by atoms with Gasteiger partial charge >= 0.3 is 0 Å². The predicted octanol–water partition coefficient (Wildman–Crippen LogP) is 4.17. The molecule has 2 aliphatic carbocycles. The highest BCUT2D eigenvalue weighted by Crippen LogP contribution is 2.46. The lowest BCUT2D eigenvalue weighted by Gasteiger charge is -2.40. The number of carbonyl (C=O) groups excluding carboxylic acids is 1.